The van der Waals surface area contributed by atoms with Crippen LogP contribution in [0.4, 0.5) is 5.69 Å². The van der Waals surface area contributed by atoms with E-state index in [-0.39, 0.29) is 4.90 Å². The van der Waals surface area contributed by atoms with E-state index in [1.165, 1.54) is 4.31 Å². The van der Waals surface area contributed by atoms with E-state index < -0.39 is 10.0 Å². The van der Waals surface area contributed by atoms with Crippen LogP contribution in [0.25, 0.3) is 0 Å². The molecule has 3 rings (SSSR count). The lowest BCUT2D eigenvalue weighted by atomic mass is 10.2. The zero-order valence-corrected chi connectivity index (χ0v) is 19.0. The standard InChI is InChI=1S/C21H26Cl2N2O3S/c1-3-4-14-28-19-9-8-16(2)15-20(19)29(26,27)25-12-10-24(11-13-25)18-7-5-6-17(22)21(18)23/h5-9,15H,3-4,10-14H2,1-2H3. The van der Waals surface area contributed by atoms with Crippen molar-refractivity contribution in [3.8, 4) is 5.75 Å². The third-order valence-corrected chi connectivity index (χ3v) is 7.71. The van der Waals surface area contributed by atoms with Crippen molar-refractivity contribution in [2.75, 3.05) is 37.7 Å². The van der Waals surface area contributed by atoms with Crippen molar-refractivity contribution >= 4 is 38.9 Å². The van der Waals surface area contributed by atoms with E-state index in [1.54, 1.807) is 18.2 Å². The molecule has 1 fully saturated rings. The Morgan fingerprint density at radius 3 is 2.48 bits per heavy atom. The first kappa shape index (κ1) is 22.2. The van der Waals surface area contributed by atoms with Gasteiger partial charge in [0.05, 0.1) is 22.3 Å². The number of rotatable bonds is 7. The van der Waals surface area contributed by atoms with E-state index in [4.69, 9.17) is 27.9 Å². The molecule has 0 radical (unpaired) electrons. The first-order chi connectivity index (χ1) is 13.8. The second-order valence-electron chi connectivity index (χ2n) is 7.12. The predicted molar refractivity (Wildman–Crippen MR) is 119 cm³/mol. The van der Waals surface area contributed by atoms with Gasteiger partial charge in [-0.15, -0.1) is 0 Å². The van der Waals surface area contributed by atoms with Crippen LogP contribution in [0.15, 0.2) is 41.3 Å². The number of piperazine rings is 1. The summed E-state index contributed by atoms with van der Waals surface area (Å²) < 4.78 is 34.0. The third kappa shape index (κ3) is 5.00. The number of ether oxygens (including phenoxy) is 1. The van der Waals surface area contributed by atoms with Gasteiger partial charge in [-0.1, -0.05) is 48.7 Å². The fourth-order valence-electron chi connectivity index (χ4n) is 3.31. The zero-order valence-electron chi connectivity index (χ0n) is 16.7. The maximum absolute atomic E-state index is 13.3. The van der Waals surface area contributed by atoms with E-state index in [2.05, 4.69) is 11.8 Å². The Morgan fingerprint density at radius 2 is 1.79 bits per heavy atom. The Hall–Kier alpha value is -1.47. The van der Waals surface area contributed by atoms with E-state index in [9.17, 15) is 8.42 Å². The van der Waals surface area contributed by atoms with Crippen LogP contribution in [-0.2, 0) is 10.0 Å². The summed E-state index contributed by atoms with van der Waals surface area (Å²) in [6, 6.07) is 10.8. The molecular weight excluding hydrogens is 431 g/mol. The number of hydrogen-bond acceptors (Lipinski definition) is 4. The Bertz CT molecular complexity index is 958. The van der Waals surface area contributed by atoms with E-state index in [0.717, 1.165) is 24.1 Å². The van der Waals surface area contributed by atoms with Crippen LogP contribution in [0.1, 0.15) is 25.3 Å². The number of sulfonamides is 1. The second kappa shape index (κ2) is 9.56. The van der Waals surface area contributed by atoms with Crippen molar-refractivity contribution in [2.45, 2.75) is 31.6 Å². The lowest BCUT2D eigenvalue weighted by molar-refractivity contribution is 0.299. The maximum Gasteiger partial charge on any atom is 0.246 e. The Morgan fingerprint density at radius 1 is 1.07 bits per heavy atom. The molecule has 0 N–H and O–H groups in total. The molecule has 0 atom stereocenters. The minimum Gasteiger partial charge on any atom is -0.492 e. The fourth-order valence-corrected chi connectivity index (χ4v) is 5.36. The van der Waals surface area contributed by atoms with Crippen LogP contribution in [0, 0.1) is 6.92 Å². The van der Waals surface area contributed by atoms with Gasteiger partial charge in [0.25, 0.3) is 0 Å². The van der Waals surface area contributed by atoms with Gasteiger partial charge >= 0.3 is 0 Å². The highest BCUT2D eigenvalue weighted by Crippen LogP contribution is 2.34. The summed E-state index contributed by atoms with van der Waals surface area (Å²) in [6.45, 7) is 6.27. The Balaban J connectivity index is 1.78. The number of halogens is 2. The zero-order chi connectivity index (χ0) is 21.0. The lowest BCUT2D eigenvalue weighted by Crippen LogP contribution is -2.48. The highest BCUT2D eigenvalue weighted by atomic mass is 35.5. The molecule has 2 aromatic carbocycles. The van der Waals surface area contributed by atoms with Gasteiger partial charge in [0.2, 0.25) is 10.0 Å². The SMILES string of the molecule is CCCCOc1ccc(C)cc1S(=O)(=O)N1CCN(c2cccc(Cl)c2Cl)CC1. The van der Waals surface area contributed by atoms with Crippen molar-refractivity contribution in [3.63, 3.8) is 0 Å². The Kier molecular flexibility index (Phi) is 7.32. The molecule has 0 spiro atoms. The molecule has 0 bridgehead atoms. The van der Waals surface area contributed by atoms with Crippen molar-refractivity contribution in [1.82, 2.24) is 4.31 Å². The molecule has 29 heavy (non-hydrogen) atoms. The topological polar surface area (TPSA) is 49.9 Å². The normalized spacial score (nSPS) is 15.5. The molecule has 1 aliphatic rings. The molecule has 0 aliphatic carbocycles. The minimum absolute atomic E-state index is 0.239. The first-order valence-electron chi connectivity index (χ1n) is 9.77. The van der Waals surface area contributed by atoms with Gasteiger partial charge in [-0.25, -0.2) is 8.42 Å². The maximum atomic E-state index is 13.3. The van der Waals surface area contributed by atoms with Gasteiger partial charge in [0.1, 0.15) is 10.6 Å². The van der Waals surface area contributed by atoms with Gasteiger partial charge in [0.15, 0.2) is 0 Å². The predicted octanol–water partition coefficient (Wildman–Crippen LogP) is 4.99. The smallest absolute Gasteiger partial charge is 0.246 e. The summed E-state index contributed by atoms with van der Waals surface area (Å²) in [4.78, 5) is 2.30. The average Bonchev–Trinajstić information content (AvgIpc) is 2.71. The lowest BCUT2D eigenvalue weighted by Gasteiger charge is -2.36. The van der Waals surface area contributed by atoms with Crippen molar-refractivity contribution in [3.05, 3.63) is 52.0 Å². The average molecular weight is 457 g/mol. The number of benzene rings is 2. The molecule has 0 amide bonds. The molecule has 5 nitrogen and oxygen atoms in total. The van der Waals surface area contributed by atoms with Crippen LogP contribution in [0.5, 0.6) is 5.75 Å². The third-order valence-electron chi connectivity index (χ3n) is 4.98. The summed E-state index contributed by atoms with van der Waals surface area (Å²) in [5, 5.41) is 0.989. The molecular formula is C21H26Cl2N2O3S. The second-order valence-corrected chi connectivity index (χ2v) is 9.81. The van der Waals surface area contributed by atoms with Crippen LogP contribution in [-0.4, -0.2) is 45.5 Å². The molecule has 158 valence electrons. The van der Waals surface area contributed by atoms with Crippen LogP contribution in [0.2, 0.25) is 10.0 Å². The van der Waals surface area contributed by atoms with Gasteiger partial charge < -0.3 is 9.64 Å². The van der Waals surface area contributed by atoms with Gasteiger partial charge in [0, 0.05) is 26.2 Å². The van der Waals surface area contributed by atoms with Gasteiger partial charge in [-0.3, -0.25) is 0 Å². The highest BCUT2D eigenvalue weighted by molar-refractivity contribution is 7.89. The van der Waals surface area contributed by atoms with Gasteiger partial charge in [-0.05, 0) is 43.2 Å². The quantitative estimate of drug-likeness (QED) is 0.550. The molecule has 1 heterocycles. The van der Waals surface area contributed by atoms with Crippen molar-refractivity contribution in [2.24, 2.45) is 0 Å². The molecule has 1 aliphatic heterocycles. The molecule has 8 heteroatoms. The van der Waals surface area contributed by atoms with Crippen LogP contribution < -0.4 is 9.64 Å². The first-order valence-corrected chi connectivity index (χ1v) is 12.0. The molecule has 0 aromatic heterocycles. The molecule has 1 saturated heterocycles. The number of anilines is 1. The van der Waals surface area contributed by atoms with E-state index in [1.807, 2.05) is 25.1 Å². The summed E-state index contributed by atoms with van der Waals surface area (Å²) in [6.07, 6.45) is 1.87. The van der Waals surface area contributed by atoms with E-state index >= 15 is 0 Å². The molecule has 0 saturated carbocycles. The van der Waals surface area contributed by atoms with Crippen LogP contribution >= 0.6 is 23.2 Å². The fraction of sp³-hybridized carbons (Fsp3) is 0.429. The minimum atomic E-state index is -3.65. The highest BCUT2D eigenvalue weighted by Gasteiger charge is 2.31. The van der Waals surface area contributed by atoms with E-state index in [0.29, 0.717) is 48.6 Å². The van der Waals surface area contributed by atoms with Gasteiger partial charge in [-0.2, -0.15) is 4.31 Å². The van der Waals surface area contributed by atoms with Crippen molar-refractivity contribution in [1.29, 1.82) is 0 Å². The largest absolute Gasteiger partial charge is 0.492 e. The summed E-state index contributed by atoms with van der Waals surface area (Å²) >= 11 is 12.4. The number of unbranched alkanes of at least 4 members (excludes halogenated alkanes) is 1. The van der Waals surface area contributed by atoms with Crippen LogP contribution in [0.3, 0.4) is 0 Å². The summed E-state index contributed by atoms with van der Waals surface area (Å²) in [7, 11) is -3.65. The molecule has 2 aromatic rings. The van der Waals surface area contributed by atoms with Crippen molar-refractivity contribution < 1.29 is 13.2 Å². The Labute approximate surface area is 183 Å². The number of aryl methyl sites for hydroxylation is 1. The molecule has 0 unspecified atom stereocenters. The monoisotopic (exact) mass is 456 g/mol. The summed E-state index contributed by atoms with van der Waals surface area (Å²) in [5.74, 6) is 0.421. The number of hydrogen-bond donors (Lipinski definition) is 0. The summed E-state index contributed by atoms with van der Waals surface area (Å²) in [5.41, 5.74) is 1.71. The number of nitrogens with zero attached hydrogens (tertiary/aromatic N) is 2.